The number of benzene rings is 2. The van der Waals surface area contributed by atoms with Crippen LogP contribution in [0.15, 0.2) is 59.5 Å². The van der Waals surface area contributed by atoms with Gasteiger partial charge < -0.3 is 10.6 Å². The number of carbonyl (C=O) groups is 2. The third-order valence-corrected chi connectivity index (χ3v) is 7.92. The highest BCUT2D eigenvalue weighted by atomic mass is 32.2. The van der Waals surface area contributed by atoms with Crippen molar-refractivity contribution in [2.24, 2.45) is 11.8 Å². The molecule has 33 heavy (non-hydrogen) atoms. The molecule has 1 heterocycles. The second-order valence-electron chi connectivity index (χ2n) is 8.38. The molecule has 0 spiro atoms. The van der Waals surface area contributed by atoms with Crippen molar-refractivity contribution in [1.82, 2.24) is 9.62 Å². The summed E-state index contributed by atoms with van der Waals surface area (Å²) in [4.78, 5) is 26.0. The standard InChI is InChI=1S/C24H30FN3O4S/c1-3-17(2)22(24(30)26-20-9-5-4-6-10-20)27-23(29)18-8-7-15-28(16-18)33(31,32)21-13-11-19(25)12-14-21/h4-6,9-14,17-18,22H,3,7-8,15-16H2,1-2H3,(H,26,30)(H,27,29)/t17-,18-,22+/m1/s1. The van der Waals surface area contributed by atoms with Gasteiger partial charge in [-0.2, -0.15) is 4.31 Å². The summed E-state index contributed by atoms with van der Waals surface area (Å²) in [7, 11) is -3.84. The molecule has 2 aromatic carbocycles. The molecule has 0 radical (unpaired) electrons. The minimum atomic E-state index is -3.84. The van der Waals surface area contributed by atoms with Gasteiger partial charge in [-0.3, -0.25) is 9.59 Å². The number of anilines is 1. The second kappa shape index (κ2) is 10.9. The predicted octanol–water partition coefficient (Wildman–Crippen LogP) is 3.40. The van der Waals surface area contributed by atoms with Crippen LogP contribution in [0.5, 0.6) is 0 Å². The zero-order valence-corrected chi connectivity index (χ0v) is 19.6. The molecule has 0 unspecified atom stereocenters. The van der Waals surface area contributed by atoms with Crippen LogP contribution in [0.3, 0.4) is 0 Å². The molecule has 3 atom stereocenters. The lowest BCUT2D eigenvalue weighted by molar-refractivity contribution is -0.131. The van der Waals surface area contributed by atoms with Gasteiger partial charge >= 0.3 is 0 Å². The molecule has 3 rings (SSSR count). The van der Waals surface area contributed by atoms with Crippen LogP contribution in [-0.4, -0.2) is 43.7 Å². The minimum absolute atomic E-state index is 0.00956. The van der Waals surface area contributed by atoms with Crippen LogP contribution >= 0.6 is 0 Å². The van der Waals surface area contributed by atoms with E-state index < -0.39 is 27.8 Å². The summed E-state index contributed by atoms with van der Waals surface area (Å²) < 4.78 is 40.4. The zero-order valence-electron chi connectivity index (χ0n) is 18.8. The van der Waals surface area contributed by atoms with Crippen molar-refractivity contribution in [3.8, 4) is 0 Å². The number of para-hydroxylation sites is 1. The van der Waals surface area contributed by atoms with Gasteiger partial charge in [-0.05, 0) is 55.2 Å². The zero-order chi connectivity index (χ0) is 24.0. The van der Waals surface area contributed by atoms with E-state index >= 15 is 0 Å². The smallest absolute Gasteiger partial charge is 0.247 e. The van der Waals surface area contributed by atoms with E-state index in [4.69, 9.17) is 0 Å². The van der Waals surface area contributed by atoms with Crippen LogP contribution in [0, 0.1) is 17.7 Å². The van der Waals surface area contributed by atoms with Crippen molar-refractivity contribution < 1.29 is 22.4 Å². The number of nitrogens with one attached hydrogen (secondary N) is 2. The third-order valence-electron chi connectivity index (χ3n) is 6.04. The first-order valence-corrected chi connectivity index (χ1v) is 12.6. The summed E-state index contributed by atoms with van der Waals surface area (Å²) in [5.74, 6) is -1.86. The van der Waals surface area contributed by atoms with Crippen molar-refractivity contribution in [3.63, 3.8) is 0 Å². The number of hydrogen-bond acceptors (Lipinski definition) is 4. The van der Waals surface area contributed by atoms with Crippen LogP contribution in [0.4, 0.5) is 10.1 Å². The van der Waals surface area contributed by atoms with Crippen LogP contribution in [0.1, 0.15) is 33.1 Å². The van der Waals surface area contributed by atoms with Crippen molar-refractivity contribution in [3.05, 3.63) is 60.4 Å². The van der Waals surface area contributed by atoms with Gasteiger partial charge in [-0.25, -0.2) is 12.8 Å². The highest BCUT2D eigenvalue weighted by Gasteiger charge is 2.35. The van der Waals surface area contributed by atoms with E-state index in [2.05, 4.69) is 10.6 Å². The summed E-state index contributed by atoms with van der Waals surface area (Å²) in [5, 5.41) is 5.69. The summed E-state index contributed by atoms with van der Waals surface area (Å²) in [6, 6.07) is 12.9. The Morgan fingerprint density at radius 1 is 1.12 bits per heavy atom. The van der Waals surface area contributed by atoms with Crippen LogP contribution in [0.2, 0.25) is 0 Å². The van der Waals surface area contributed by atoms with Gasteiger partial charge in [0.1, 0.15) is 11.9 Å². The lowest BCUT2D eigenvalue weighted by Crippen LogP contribution is -2.52. The molecule has 2 N–H and O–H groups in total. The van der Waals surface area contributed by atoms with E-state index in [0.29, 0.717) is 24.9 Å². The molecule has 2 amide bonds. The number of halogens is 1. The fourth-order valence-electron chi connectivity index (χ4n) is 3.84. The van der Waals surface area contributed by atoms with Crippen LogP contribution in [0.25, 0.3) is 0 Å². The van der Waals surface area contributed by atoms with E-state index in [1.165, 1.54) is 16.4 Å². The Kier molecular flexibility index (Phi) is 8.20. The molecular weight excluding hydrogens is 445 g/mol. The lowest BCUT2D eigenvalue weighted by atomic mass is 9.94. The average Bonchev–Trinajstić information content (AvgIpc) is 2.82. The summed E-state index contributed by atoms with van der Waals surface area (Å²) in [6.45, 7) is 4.13. The number of carbonyl (C=O) groups excluding carboxylic acids is 2. The van der Waals surface area contributed by atoms with Gasteiger partial charge in [0.25, 0.3) is 0 Å². The molecule has 7 nitrogen and oxygen atoms in total. The highest BCUT2D eigenvalue weighted by molar-refractivity contribution is 7.89. The Balaban J connectivity index is 1.70. The quantitative estimate of drug-likeness (QED) is 0.612. The largest absolute Gasteiger partial charge is 0.344 e. The van der Waals surface area contributed by atoms with E-state index in [-0.39, 0.29) is 35.7 Å². The van der Waals surface area contributed by atoms with Crippen LogP contribution < -0.4 is 10.6 Å². The van der Waals surface area contributed by atoms with Crippen LogP contribution in [-0.2, 0) is 19.6 Å². The first-order valence-electron chi connectivity index (χ1n) is 11.1. The molecule has 0 saturated carbocycles. The monoisotopic (exact) mass is 475 g/mol. The number of hydrogen-bond donors (Lipinski definition) is 2. The summed E-state index contributed by atoms with van der Waals surface area (Å²) in [5.41, 5.74) is 0.638. The molecule has 9 heteroatoms. The van der Waals surface area contributed by atoms with E-state index in [1.54, 1.807) is 12.1 Å². The topological polar surface area (TPSA) is 95.6 Å². The van der Waals surface area contributed by atoms with Gasteiger partial charge in [0.05, 0.1) is 10.8 Å². The molecule has 0 aromatic heterocycles. The van der Waals surface area contributed by atoms with Crippen molar-refractivity contribution in [2.75, 3.05) is 18.4 Å². The summed E-state index contributed by atoms with van der Waals surface area (Å²) >= 11 is 0. The number of nitrogens with zero attached hydrogens (tertiary/aromatic N) is 1. The molecule has 1 saturated heterocycles. The SMILES string of the molecule is CC[C@@H](C)[C@H](NC(=O)[C@@H]1CCCN(S(=O)(=O)c2ccc(F)cc2)C1)C(=O)Nc1ccccc1. The molecule has 1 fully saturated rings. The van der Waals surface area contributed by atoms with Gasteiger partial charge in [0.2, 0.25) is 21.8 Å². The third kappa shape index (κ3) is 6.17. The molecule has 178 valence electrons. The average molecular weight is 476 g/mol. The first kappa shape index (κ1) is 24.9. The van der Waals surface area contributed by atoms with Crippen molar-refractivity contribution in [1.29, 1.82) is 0 Å². The Hall–Kier alpha value is -2.78. The second-order valence-corrected chi connectivity index (χ2v) is 10.3. The van der Waals surface area contributed by atoms with Crippen molar-refractivity contribution >= 4 is 27.5 Å². The van der Waals surface area contributed by atoms with E-state index in [9.17, 15) is 22.4 Å². The molecule has 1 aliphatic rings. The van der Waals surface area contributed by atoms with Gasteiger partial charge in [-0.1, -0.05) is 38.5 Å². The minimum Gasteiger partial charge on any atom is -0.344 e. The lowest BCUT2D eigenvalue weighted by Gasteiger charge is -2.32. The van der Waals surface area contributed by atoms with Gasteiger partial charge in [0.15, 0.2) is 0 Å². The van der Waals surface area contributed by atoms with E-state index in [0.717, 1.165) is 12.1 Å². The maximum Gasteiger partial charge on any atom is 0.247 e. The Bertz CT molecular complexity index is 1060. The van der Waals surface area contributed by atoms with Gasteiger partial charge in [-0.15, -0.1) is 0 Å². The number of rotatable bonds is 8. The molecule has 1 aliphatic heterocycles. The fraction of sp³-hybridized carbons (Fsp3) is 0.417. The number of sulfonamides is 1. The first-order chi connectivity index (χ1) is 15.7. The number of amides is 2. The molecule has 0 aliphatic carbocycles. The highest BCUT2D eigenvalue weighted by Crippen LogP contribution is 2.25. The Morgan fingerprint density at radius 2 is 1.79 bits per heavy atom. The maximum absolute atomic E-state index is 13.2. The fourth-order valence-corrected chi connectivity index (χ4v) is 5.37. The maximum atomic E-state index is 13.2. The van der Waals surface area contributed by atoms with Crippen molar-refractivity contribution in [2.45, 2.75) is 44.0 Å². The molecule has 2 aromatic rings. The Morgan fingerprint density at radius 3 is 2.42 bits per heavy atom. The predicted molar refractivity (Wildman–Crippen MR) is 124 cm³/mol. The summed E-state index contributed by atoms with van der Waals surface area (Å²) in [6.07, 6.45) is 1.72. The molecular formula is C24H30FN3O4S. The number of piperidine rings is 1. The molecule has 0 bridgehead atoms. The van der Waals surface area contributed by atoms with Gasteiger partial charge in [0, 0.05) is 18.8 Å². The normalized spacial score (nSPS) is 18.8. The Labute approximate surface area is 194 Å². The van der Waals surface area contributed by atoms with E-state index in [1.807, 2.05) is 32.0 Å².